The van der Waals surface area contributed by atoms with Gasteiger partial charge in [-0.1, -0.05) is 36.4 Å². The summed E-state index contributed by atoms with van der Waals surface area (Å²) in [5.41, 5.74) is 2.52. The van der Waals surface area contributed by atoms with Gasteiger partial charge < -0.3 is 9.90 Å². The molecule has 2 aromatic carbocycles. The van der Waals surface area contributed by atoms with Crippen molar-refractivity contribution in [1.29, 1.82) is 0 Å². The Bertz CT molecular complexity index is 754. The summed E-state index contributed by atoms with van der Waals surface area (Å²) in [7, 11) is 0. The van der Waals surface area contributed by atoms with Crippen LogP contribution in [0.25, 0.3) is 0 Å². The Hall–Kier alpha value is -2.95. The number of para-hydroxylation sites is 2. The Morgan fingerprint density at radius 2 is 1.73 bits per heavy atom. The smallest absolute Gasteiger partial charge is 0.281 e. The van der Waals surface area contributed by atoms with Crippen LogP contribution in [0.4, 0.5) is 11.4 Å². The molecule has 1 aliphatic rings. The van der Waals surface area contributed by atoms with Gasteiger partial charge in [0.1, 0.15) is 5.71 Å². The summed E-state index contributed by atoms with van der Waals surface area (Å²) in [4.78, 5) is 28.9. The second-order valence-corrected chi connectivity index (χ2v) is 4.85. The molecule has 1 amide bonds. The van der Waals surface area contributed by atoms with Crippen LogP contribution in [0.15, 0.2) is 59.6 Å². The first-order valence-electron chi connectivity index (χ1n) is 6.91. The Morgan fingerprint density at radius 1 is 1.05 bits per heavy atom. The number of aliphatic imine (C=N–C) groups is 1. The Kier molecular flexibility index (Phi) is 3.70. The number of carboxylic acid groups (broad SMARTS) is 1. The van der Waals surface area contributed by atoms with Crippen LogP contribution in [0, 0.1) is 0 Å². The minimum Gasteiger partial charge on any atom is -0.550 e. The van der Waals surface area contributed by atoms with Crippen molar-refractivity contribution in [2.45, 2.75) is 6.42 Å². The average Bonchev–Trinajstić information content (AvgIpc) is 2.80. The van der Waals surface area contributed by atoms with Crippen LogP contribution in [0.1, 0.15) is 12.0 Å². The van der Waals surface area contributed by atoms with E-state index in [1.807, 2.05) is 54.6 Å². The summed E-state index contributed by atoms with van der Waals surface area (Å²) in [5, 5.41) is 10.5. The second kappa shape index (κ2) is 5.81. The van der Waals surface area contributed by atoms with Crippen LogP contribution in [-0.4, -0.2) is 24.1 Å². The molecule has 5 heteroatoms. The van der Waals surface area contributed by atoms with Gasteiger partial charge >= 0.3 is 0 Å². The molecular weight excluding hydrogens is 280 g/mol. The van der Waals surface area contributed by atoms with Crippen molar-refractivity contribution >= 4 is 29.0 Å². The van der Waals surface area contributed by atoms with Crippen molar-refractivity contribution in [2.24, 2.45) is 4.99 Å². The number of benzene rings is 2. The molecule has 0 saturated heterocycles. The quantitative estimate of drug-likeness (QED) is 0.852. The minimum atomic E-state index is -1.18. The zero-order valence-corrected chi connectivity index (χ0v) is 11.7. The number of aliphatic carboxylic acids is 1. The molecule has 22 heavy (non-hydrogen) atoms. The number of carboxylic acids is 1. The van der Waals surface area contributed by atoms with Gasteiger partial charge in [0.15, 0.2) is 0 Å². The molecule has 0 atom stereocenters. The van der Waals surface area contributed by atoms with Gasteiger partial charge in [-0.15, -0.1) is 0 Å². The van der Waals surface area contributed by atoms with Gasteiger partial charge in [-0.05, 0) is 18.2 Å². The third kappa shape index (κ3) is 2.48. The molecule has 110 valence electrons. The number of carbonyl (C=O) groups is 2. The van der Waals surface area contributed by atoms with Crippen LogP contribution in [0.5, 0.6) is 0 Å². The van der Waals surface area contributed by atoms with Gasteiger partial charge in [0.25, 0.3) is 5.91 Å². The number of rotatable bonds is 4. The molecule has 0 aromatic heterocycles. The largest absolute Gasteiger partial charge is 0.550 e. The van der Waals surface area contributed by atoms with E-state index in [9.17, 15) is 14.7 Å². The molecular formula is C17H13N2O3-. The highest BCUT2D eigenvalue weighted by molar-refractivity contribution is 6.55. The van der Waals surface area contributed by atoms with E-state index in [-0.39, 0.29) is 18.9 Å². The molecule has 5 nitrogen and oxygen atoms in total. The lowest BCUT2D eigenvalue weighted by atomic mass is 10.1. The number of hydrogen-bond acceptors (Lipinski definition) is 4. The molecule has 0 spiro atoms. The van der Waals surface area contributed by atoms with E-state index in [1.54, 1.807) is 4.90 Å². The van der Waals surface area contributed by atoms with Gasteiger partial charge in [-0.25, -0.2) is 0 Å². The van der Waals surface area contributed by atoms with Crippen LogP contribution in [0.2, 0.25) is 0 Å². The highest BCUT2D eigenvalue weighted by atomic mass is 16.4. The van der Waals surface area contributed by atoms with Gasteiger partial charge in [-0.3, -0.25) is 14.7 Å². The first-order chi connectivity index (χ1) is 10.7. The predicted molar refractivity (Wildman–Crippen MR) is 81.1 cm³/mol. The zero-order valence-electron chi connectivity index (χ0n) is 11.7. The number of carbonyl (C=O) groups excluding carboxylic acids is 2. The van der Waals surface area contributed by atoms with E-state index in [1.165, 1.54) is 0 Å². The lowest BCUT2D eigenvalue weighted by Crippen LogP contribution is -2.26. The van der Waals surface area contributed by atoms with Crippen molar-refractivity contribution in [3.63, 3.8) is 0 Å². The molecule has 0 saturated carbocycles. The second-order valence-electron chi connectivity index (χ2n) is 4.85. The maximum absolute atomic E-state index is 12.7. The zero-order chi connectivity index (χ0) is 15.5. The number of anilines is 2. The normalized spacial score (nSPS) is 15.2. The maximum atomic E-state index is 12.7. The molecule has 2 aromatic rings. The molecule has 0 unspecified atom stereocenters. The first-order valence-corrected chi connectivity index (χ1v) is 6.91. The fourth-order valence-corrected chi connectivity index (χ4v) is 2.44. The highest BCUT2D eigenvalue weighted by Gasteiger charge is 2.34. The van der Waals surface area contributed by atoms with Crippen LogP contribution >= 0.6 is 0 Å². The highest BCUT2D eigenvalue weighted by Crippen LogP contribution is 2.35. The summed E-state index contributed by atoms with van der Waals surface area (Å²) in [6.45, 7) is 0.0281. The molecule has 3 rings (SSSR count). The fourth-order valence-electron chi connectivity index (χ4n) is 2.44. The molecule has 1 heterocycles. The fraction of sp³-hybridized carbons (Fsp3) is 0.118. The number of amides is 1. The van der Waals surface area contributed by atoms with E-state index in [2.05, 4.69) is 4.99 Å². The number of fused-ring (bicyclic) bond motifs is 1. The van der Waals surface area contributed by atoms with Crippen molar-refractivity contribution in [2.75, 3.05) is 11.4 Å². The summed E-state index contributed by atoms with van der Waals surface area (Å²) in [6.07, 6.45) is -0.204. The summed E-state index contributed by atoms with van der Waals surface area (Å²) >= 11 is 0. The van der Waals surface area contributed by atoms with E-state index in [0.29, 0.717) is 5.71 Å². The first kappa shape index (κ1) is 14.0. The van der Waals surface area contributed by atoms with Gasteiger partial charge in [0.2, 0.25) is 0 Å². The van der Waals surface area contributed by atoms with E-state index >= 15 is 0 Å². The van der Waals surface area contributed by atoms with Crippen molar-refractivity contribution in [3.8, 4) is 0 Å². The van der Waals surface area contributed by atoms with Gasteiger partial charge in [-0.2, -0.15) is 0 Å². The standard InChI is InChI=1S/C17H14N2O3/c20-15(21)10-11-18-16-13-8-4-5-9-14(13)19(17(16)22)12-6-2-1-3-7-12/h1-9H,10-11H2,(H,20,21)/p-1. The van der Waals surface area contributed by atoms with E-state index < -0.39 is 5.97 Å². The molecule has 1 aliphatic heterocycles. The number of hydrogen-bond donors (Lipinski definition) is 0. The minimum absolute atomic E-state index is 0.0281. The van der Waals surface area contributed by atoms with Crippen LogP contribution in [0.3, 0.4) is 0 Å². The average molecular weight is 293 g/mol. The van der Waals surface area contributed by atoms with Crippen LogP contribution in [-0.2, 0) is 9.59 Å². The Morgan fingerprint density at radius 3 is 2.45 bits per heavy atom. The molecule has 0 fully saturated rings. The summed E-state index contributed by atoms with van der Waals surface area (Å²) in [5.74, 6) is -1.42. The monoisotopic (exact) mass is 293 g/mol. The summed E-state index contributed by atoms with van der Waals surface area (Å²) < 4.78 is 0. The molecule has 0 bridgehead atoms. The maximum Gasteiger partial charge on any atom is 0.281 e. The lowest BCUT2D eigenvalue weighted by molar-refractivity contribution is -0.305. The lowest BCUT2D eigenvalue weighted by Gasteiger charge is -2.16. The van der Waals surface area contributed by atoms with Gasteiger partial charge in [0, 0.05) is 30.2 Å². The van der Waals surface area contributed by atoms with Crippen molar-refractivity contribution in [3.05, 3.63) is 60.2 Å². The molecule has 0 radical (unpaired) electrons. The Balaban J connectivity index is 2.02. The van der Waals surface area contributed by atoms with E-state index in [0.717, 1.165) is 16.9 Å². The van der Waals surface area contributed by atoms with Gasteiger partial charge in [0.05, 0.1) is 5.69 Å². The number of nitrogens with zero attached hydrogens (tertiary/aromatic N) is 2. The SMILES string of the molecule is O=C([O-])CCN=C1C(=O)N(c2ccccc2)c2ccccc21. The third-order valence-electron chi connectivity index (χ3n) is 3.41. The predicted octanol–water partition coefficient (Wildman–Crippen LogP) is 1.29. The molecule has 0 N–H and O–H groups in total. The molecule has 0 aliphatic carbocycles. The van der Waals surface area contributed by atoms with Crippen molar-refractivity contribution in [1.82, 2.24) is 0 Å². The van der Waals surface area contributed by atoms with Crippen molar-refractivity contribution < 1.29 is 14.7 Å². The summed E-state index contributed by atoms with van der Waals surface area (Å²) in [6, 6.07) is 16.6. The van der Waals surface area contributed by atoms with E-state index in [4.69, 9.17) is 0 Å². The Labute approximate surface area is 127 Å². The van der Waals surface area contributed by atoms with Crippen LogP contribution < -0.4 is 10.0 Å². The third-order valence-corrected chi connectivity index (χ3v) is 3.41. The topological polar surface area (TPSA) is 72.8 Å².